The van der Waals surface area contributed by atoms with Gasteiger partial charge < -0.3 is 5.11 Å². The van der Waals surface area contributed by atoms with E-state index in [4.69, 9.17) is 5.11 Å². The van der Waals surface area contributed by atoms with Gasteiger partial charge in [0.05, 0.1) is 0 Å². The van der Waals surface area contributed by atoms with Crippen LogP contribution in [-0.2, 0) is 4.79 Å². The molecule has 15 heavy (non-hydrogen) atoms. The van der Waals surface area contributed by atoms with Crippen LogP contribution in [0.25, 0.3) is 0 Å². The van der Waals surface area contributed by atoms with Gasteiger partial charge >= 0.3 is 6.18 Å². The van der Waals surface area contributed by atoms with Crippen molar-refractivity contribution in [1.82, 2.24) is 0 Å². The summed E-state index contributed by atoms with van der Waals surface area (Å²) in [6.45, 7) is 1.97. The minimum atomic E-state index is -4.93. The topological polar surface area (TPSA) is 37.3 Å². The summed E-state index contributed by atoms with van der Waals surface area (Å²) >= 11 is 0. The number of rotatable bonds is 5. The zero-order valence-corrected chi connectivity index (χ0v) is 8.34. The highest BCUT2D eigenvalue weighted by Gasteiger charge is 2.36. The van der Waals surface area contributed by atoms with Crippen LogP contribution in [0.2, 0.25) is 0 Å². The van der Waals surface area contributed by atoms with E-state index in [0.29, 0.717) is 6.42 Å². The van der Waals surface area contributed by atoms with Gasteiger partial charge in [-0.3, -0.25) is 4.79 Å². The van der Waals surface area contributed by atoms with Gasteiger partial charge in [-0.05, 0) is 12.5 Å². The normalized spacial score (nSPS) is 13.5. The van der Waals surface area contributed by atoms with Crippen molar-refractivity contribution in [1.29, 1.82) is 0 Å². The van der Waals surface area contributed by atoms with E-state index in [-0.39, 0.29) is 6.08 Å². The fourth-order valence-electron chi connectivity index (χ4n) is 0.790. The second-order valence-corrected chi connectivity index (χ2v) is 2.98. The molecular formula is C10H13F3O2. The molecular weight excluding hydrogens is 209 g/mol. The molecule has 0 bridgehead atoms. The molecule has 0 aromatic carbocycles. The summed E-state index contributed by atoms with van der Waals surface area (Å²) in [5.74, 6) is -2.73. The summed E-state index contributed by atoms with van der Waals surface area (Å²) in [4.78, 5) is 10.4. The summed E-state index contributed by atoms with van der Waals surface area (Å²) in [5.41, 5.74) is 0. The smallest absolute Gasteiger partial charge is 0.454 e. The van der Waals surface area contributed by atoms with Crippen LogP contribution in [0.1, 0.15) is 26.2 Å². The Balaban J connectivity index is 4.20. The van der Waals surface area contributed by atoms with Crippen molar-refractivity contribution in [3.05, 3.63) is 24.0 Å². The van der Waals surface area contributed by atoms with Crippen LogP contribution in [-0.4, -0.2) is 17.1 Å². The Kier molecular flexibility index (Phi) is 5.74. The maximum absolute atomic E-state index is 11.7. The van der Waals surface area contributed by atoms with Crippen LogP contribution in [0.4, 0.5) is 13.2 Å². The van der Waals surface area contributed by atoms with Crippen LogP contribution >= 0.6 is 0 Å². The summed E-state index contributed by atoms with van der Waals surface area (Å²) < 4.78 is 35.2. The number of hydrogen-bond donors (Lipinski definition) is 1. The Morgan fingerprint density at radius 2 is 2.00 bits per heavy atom. The second-order valence-electron chi connectivity index (χ2n) is 2.98. The number of halogens is 3. The quantitative estimate of drug-likeness (QED) is 0.335. The average molecular weight is 222 g/mol. The second kappa shape index (κ2) is 6.27. The van der Waals surface area contributed by atoms with Crippen LogP contribution < -0.4 is 0 Å². The first kappa shape index (κ1) is 13.7. The lowest BCUT2D eigenvalue weighted by molar-refractivity contribution is -0.165. The van der Waals surface area contributed by atoms with Crippen molar-refractivity contribution < 1.29 is 23.1 Å². The van der Waals surface area contributed by atoms with Crippen molar-refractivity contribution in [3.8, 4) is 0 Å². The maximum atomic E-state index is 11.7. The Morgan fingerprint density at radius 3 is 2.47 bits per heavy atom. The molecule has 5 heteroatoms. The Labute approximate surface area is 86.1 Å². The minimum Gasteiger partial charge on any atom is -0.508 e. The SMILES string of the molecule is CCCC/C=C/C(O)=CC(=O)C(F)(F)F. The molecule has 0 atom stereocenters. The van der Waals surface area contributed by atoms with Crippen LogP contribution in [0.15, 0.2) is 24.0 Å². The predicted molar refractivity (Wildman–Crippen MR) is 50.4 cm³/mol. The van der Waals surface area contributed by atoms with Gasteiger partial charge in [0.1, 0.15) is 5.76 Å². The van der Waals surface area contributed by atoms with Gasteiger partial charge in [0, 0.05) is 6.08 Å². The summed E-state index contributed by atoms with van der Waals surface area (Å²) in [6.07, 6.45) is 0.369. The molecule has 0 aromatic rings. The molecule has 0 spiro atoms. The molecule has 2 nitrogen and oxygen atoms in total. The molecule has 0 rings (SSSR count). The van der Waals surface area contributed by atoms with Gasteiger partial charge in [-0.25, -0.2) is 0 Å². The maximum Gasteiger partial charge on any atom is 0.454 e. The van der Waals surface area contributed by atoms with E-state index < -0.39 is 17.7 Å². The number of carbonyl (C=O) groups is 1. The molecule has 0 aliphatic carbocycles. The molecule has 1 N–H and O–H groups in total. The molecule has 0 saturated carbocycles. The molecule has 86 valence electrons. The standard InChI is InChI=1S/C10H13F3O2/c1-2-3-4-5-6-8(14)7-9(15)10(11,12)13/h5-7,14H,2-4H2,1H3/b6-5+,8-7?. The third-order valence-corrected chi connectivity index (χ3v) is 1.57. The minimum absolute atomic E-state index is 0.169. The fourth-order valence-corrected chi connectivity index (χ4v) is 0.790. The highest BCUT2D eigenvalue weighted by molar-refractivity contribution is 5.94. The van der Waals surface area contributed by atoms with Gasteiger partial charge in [0.2, 0.25) is 0 Å². The van der Waals surface area contributed by atoms with Crippen molar-refractivity contribution in [3.63, 3.8) is 0 Å². The monoisotopic (exact) mass is 222 g/mol. The van der Waals surface area contributed by atoms with Crippen LogP contribution in [0.3, 0.4) is 0 Å². The van der Waals surface area contributed by atoms with Crippen molar-refractivity contribution in [2.45, 2.75) is 32.4 Å². The van der Waals surface area contributed by atoms with Gasteiger partial charge in [0.25, 0.3) is 5.78 Å². The third kappa shape index (κ3) is 6.76. The summed E-state index contributed by atoms with van der Waals surface area (Å²) in [6, 6.07) is 0. The highest BCUT2D eigenvalue weighted by atomic mass is 19.4. The number of aliphatic hydroxyl groups excluding tert-OH is 1. The largest absolute Gasteiger partial charge is 0.508 e. The van der Waals surface area contributed by atoms with E-state index in [1.54, 1.807) is 0 Å². The number of carbonyl (C=O) groups excluding carboxylic acids is 1. The summed E-state index contributed by atoms with van der Waals surface area (Å²) in [7, 11) is 0. The Hall–Kier alpha value is -1.26. The van der Waals surface area contributed by atoms with Crippen LogP contribution in [0, 0.1) is 0 Å². The lowest BCUT2D eigenvalue weighted by Crippen LogP contribution is -2.20. The zero-order valence-electron chi connectivity index (χ0n) is 8.34. The Bertz CT molecular complexity index is 264. The molecule has 0 heterocycles. The van der Waals surface area contributed by atoms with E-state index >= 15 is 0 Å². The first-order chi connectivity index (χ1) is 6.88. The zero-order chi connectivity index (χ0) is 11.9. The average Bonchev–Trinajstić information content (AvgIpc) is 2.11. The lowest BCUT2D eigenvalue weighted by Gasteiger charge is -1.99. The van der Waals surface area contributed by atoms with E-state index in [0.717, 1.165) is 18.9 Å². The molecule has 0 aliphatic rings. The number of allylic oxidation sites excluding steroid dienone is 3. The fraction of sp³-hybridized carbons (Fsp3) is 0.500. The predicted octanol–water partition coefficient (Wildman–Crippen LogP) is 3.31. The number of hydrogen-bond acceptors (Lipinski definition) is 2. The van der Waals surface area contributed by atoms with E-state index in [9.17, 15) is 18.0 Å². The molecule has 0 aliphatic heterocycles. The van der Waals surface area contributed by atoms with E-state index in [1.165, 1.54) is 6.08 Å². The highest BCUT2D eigenvalue weighted by Crippen LogP contribution is 2.17. The first-order valence-electron chi connectivity index (χ1n) is 4.56. The van der Waals surface area contributed by atoms with Crippen molar-refractivity contribution in [2.24, 2.45) is 0 Å². The Morgan fingerprint density at radius 1 is 1.40 bits per heavy atom. The van der Waals surface area contributed by atoms with Gasteiger partial charge in [-0.2, -0.15) is 13.2 Å². The molecule has 0 unspecified atom stereocenters. The van der Waals surface area contributed by atoms with Crippen molar-refractivity contribution in [2.75, 3.05) is 0 Å². The van der Waals surface area contributed by atoms with Crippen molar-refractivity contribution >= 4 is 5.78 Å². The van der Waals surface area contributed by atoms with E-state index in [2.05, 4.69) is 0 Å². The van der Waals surface area contributed by atoms with E-state index in [1.807, 2.05) is 6.92 Å². The van der Waals surface area contributed by atoms with Gasteiger partial charge in [-0.1, -0.05) is 25.8 Å². The first-order valence-corrected chi connectivity index (χ1v) is 4.56. The summed E-state index contributed by atoms with van der Waals surface area (Å²) in [5, 5.41) is 8.94. The molecule has 0 amide bonds. The third-order valence-electron chi connectivity index (χ3n) is 1.57. The number of alkyl halides is 3. The number of unbranched alkanes of at least 4 members (excludes halogenated alkanes) is 2. The van der Waals surface area contributed by atoms with Crippen LogP contribution in [0.5, 0.6) is 0 Å². The molecule has 0 aromatic heterocycles. The number of aliphatic hydroxyl groups is 1. The molecule has 0 saturated heterocycles. The van der Waals surface area contributed by atoms with Gasteiger partial charge in [-0.15, -0.1) is 0 Å². The molecule has 0 fully saturated rings. The van der Waals surface area contributed by atoms with Gasteiger partial charge in [0.15, 0.2) is 0 Å². The lowest BCUT2D eigenvalue weighted by atomic mass is 10.2. The molecule has 0 radical (unpaired) electrons. The number of ketones is 1.